The monoisotopic (exact) mass is 581 g/mol. The van der Waals surface area contributed by atoms with Gasteiger partial charge in [-0.05, 0) is 74.1 Å². The van der Waals surface area contributed by atoms with E-state index < -0.39 is 0 Å². The first-order valence-corrected chi connectivity index (χ1v) is 13.0. The summed E-state index contributed by atoms with van der Waals surface area (Å²) in [6, 6.07) is 7.30. The Morgan fingerprint density at radius 2 is 1.70 bits per heavy atom. The molecule has 0 saturated carbocycles. The van der Waals surface area contributed by atoms with Crippen molar-refractivity contribution < 1.29 is 19.1 Å². The van der Waals surface area contributed by atoms with Crippen LogP contribution in [-0.4, -0.2) is 73.9 Å². The van der Waals surface area contributed by atoms with Crippen LogP contribution >= 0.6 is 15.9 Å². The first-order valence-electron chi connectivity index (χ1n) is 12.2. The van der Waals surface area contributed by atoms with Gasteiger partial charge in [0.25, 0.3) is 5.91 Å². The molecule has 2 fully saturated rings. The zero-order valence-electron chi connectivity index (χ0n) is 22.1. The van der Waals surface area contributed by atoms with E-state index in [0.717, 1.165) is 16.7 Å². The number of morpholine rings is 2. The fourth-order valence-electron chi connectivity index (χ4n) is 3.07. The SMILES string of the molecule is CC1COCC(=O)N1.CC1COCC(=O)N1c1ccc(N)nc1.CCCCNC.Nc1ccc(Br)cn1. The third-order valence-corrected chi connectivity index (χ3v) is 5.35. The molecule has 4 rings (SSSR count). The molecule has 0 bridgehead atoms. The largest absolute Gasteiger partial charge is 0.384 e. The number of pyridine rings is 2. The van der Waals surface area contributed by atoms with E-state index in [1.54, 1.807) is 35.5 Å². The molecule has 11 nitrogen and oxygen atoms in total. The lowest BCUT2D eigenvalue weighted by molar-refractivity contribution is -0.131. The number of unbranched alkanes of at least 4 members (excludes halogenated alkanes) is 1. The van der Waals surface area contributed by atoms with Crippen molar-refractivity contribution >= 4 is 45.1 Å². The number of halogens is 1. The molecule has 0 radical (unpaired) electrons. The van der Waals surface area contributed by atoms with E-state index >= 15 is 0 Å². The molecule has 206 valence electrons. The minimum atomic E-state index is -0.0414. The predicted octanol–water partition coefficient (Wildman–Crippen LogP) is 2.37. The van der Waals surface area contributed by atoms with Gasteiger partial charge in [0, 0.05) is 16.7 Å². The first kappa shape index (κ1) is 32.2. The van der Waals surface area contributed by atoms with Gasteiger partial charge in [0.1, 0.15) is 24.8 Å². The Bertz CT molecular complexity index is 891. The maximum absolute atomic E-state index is 11.6. The summed E-state index contributed by atoms with van der Waals surface area (Å²) in [4.78, 5) is 31.5. The van der Waals surface area contributed by atoms with Crippen molar-refractivity contribution in [3.8, 4) is 0 Å². The number of ether oxygens (including phenoxy) is 2. The number of anilines is 3. The molecule has 2 aliphatic heterocycles. The number of rotatable bonds is 4. The van der Waals surface area contributed by atoms with Gasteiger partial charge < -0.3 is 36.5 Å². The van der Waals surface area contributed by atoms with Crippen LogP contribution < -0.4 is 27.0 Å². The molecule has 2 saturated heterocycles. The summed E-state index contributed by atoms with van der Waals surface area (Å²) < 4.78 is 11.0. The summed E-state index contributed by atoms with van der Waals surface area (Å²) in [5.41, 5.74) is 11.5. The molecule has 2 atom stereocenters. The van der Waals surface area contributed by atoms with E-state index in [1.807, 2.05) is 27.0 Å². The third-order valence-electron chi connectivity index (χ3n) is 4.88. The second-order valence-corrected chi connectivity index (χ2v) is 9.33. The summed E-state index contributed by atoms with van der Waals surface area (Å²) in [5.74, 6) is 0.949. The van der Waals surface area contributed by atoms with Crippen LogP contribution in [0.1, 0.15) is 33.6 Å². The van der Waals surface area contributed by atoms with E-state index in [1.165, 1.54) is 12.8 Å². The quantitative estimate of drug-likeness (QED) is 0.397. The van der Waals surface area contributed by atoms with Gasteiger partial charge in [-0.2, -0.15) is 0 Å². The number of amides is 2. The molecule has 37 heavy (non-hydrogen) atoms. The maximum Gasteiger partial charge on any atom is 0.253 e. The lowest BCUT2D eigenvalue weighted by atomic mass is 10.2. The highest BCUT2D eigenvalue weighted by atomic mass is 79.9. The van der Waals surface area contributed by atoms with Crippen molar-refractivity contribution in [1.82, 2.24) is 20.6 Å². The van der Waals surface area contributed by atoms with Gasteiger partial charge in [-0.3, -0.25) is 9.59 Å². The summed E-state index contributed by atoms with van der Waals surface area (Å²) in [6.45, 7) is 8.76. The van der Waals surface area contributed by atoms with Crippen LogP contribution in [0.4, 0.5) is 17.3 Å². The van der Waals surface area contributed by atoms with Crippen molar-refractivity contribution in [3.05, 3.63) is 41.1 Å². The van der Waals surface area contributed by atoms with Crippen molar-refractivity contribution in [1.29, 1.82) is 0 Å². The second kappa shape index (κ2) is 18.4. The molecule has 0 spiro atoms. The fourth-order valence-corrected chi connectivity index (χ4v) is 3.31. The molecule has 2 amide bonds. The number of hydrogen-bond acceptors (Lipinski definition) is 9. The van der Waals surface area contributed by atoms with E-state index in [-0.39, 0.29) is 37.1 Å². The number of nitrogens with one attached hydrogen (secondary N) is 2. The van der Waals surface area contributed by atoms with Crippen LogP contribution in [0.2, 0.25) is 0 Å². The number of nitrogens with two attached hydrogens (primary N) is 2. The highest BCUT2D eigenvalue weighted by Crippen LogP contribution is 2.19. The van der Waals surface area contributed by atoms with Crippen molar-refractivity contribution in [2.24, 2.45) is 0 Å². The standard InChI is InChI=1S/C10H13N3O2.C5H5BrN2.C5H9NO2.C5H13N/c1-7-5-15-6-10(14)13(7)8-2-3-9(11)12-4-8;6-4-1-2-5(7)8-3-4;1-4-2-8-3-5(7)6-4;1-3-4-5-6-2/h2-4,7H,5-6H2,1H3,(H2,11,12);1-3H,(H2,7,8);4H,2-3H2,1H3,(H,6,7);6H,3-5H2,1-2H3. The zero-order chi connectivity index (χ0) is 27.6. The number of nitrogen functional groups attached to an aromatic ring is 2. The molecule has 0 aliphatic carbocycles. The Morgan fingerprint density at radius 1 is 1.05 bits per heavy atom. The van der Waals surface area contributed by atoms with E-state index in [0.29, 0.717) is 24.8 Å². The maximum atomic E-state index is 11.6. The second-order valence-electron chi connectivity index (χ2n) is 8.41. The zero-order valence-corrected chi connectivity index (χ0v) is 23.7. The average Bonchev–Trinajstić information content (AvgIpc) is 2.87. The number of carbonyl (C=O) groups is 2. The molecule has 4 heterocycles. The van der Waals surface area contributed by atoms with Crippen molar-refractivity contribution in [2.75, 3.05) is 56.4 Å². The van der Waals surface area contributed by atoms with Crippen LogP contribution in [0.25, 0.3) is 0 Å². The summed E-state index contributed by atoms with van der Waals surface area (Å²) in [7, 11) is 1.98. The van der Waals surface area contributed by atoms with E-state index in [4.69, 9.17) is 20.9 Å². The van der Waals surface area contributed by atoms with Gasteiger partial charge in [0.05, 0.1) is 31.1 Å². The van der Waals surface area contributed by atoms with E-state index in [2.05, 4.69) is 43.5 Å². The van der Waals surface area contributed by atoms with E-state index in [9.17, 15) is 9.59 Å². The van der Waals surface area contributed by atoms with Crippen LogP contribution in [-0.2, 0) is 19.1 Å². The average molecular weight is 583 g/mol. The molecule has 2 aliphatic rings. The number of aromatic nitrogens is 2. The summed E-state index contributed by atoms with van der Waals surface area (Å²) in [6.07, 6.45) is 5.86. The topological polar surface area (TPSA) is 158 Å². The van der Waals surface area contributed by atoms with Crippen LogP contribution in [0, 0.1) is 0 Å². The Balaban J connectivity index is 0.000000266. The van der Waals surface area contributed by atoms with Gasteiger partial charge in [0.2, 0.25) is 5.91 Å². The molecule has 12 heteroatoms. The molecule has 6 N–H and O–H groups in total. The number of hydrogen-bond donors (Lipinski definition) is 4. The first-order chi connectivity index (χ1) is 17.7. The number of carbonyl (C=O) groups excluding carboxylic acids is 2. The molecular weight excluding hydrogens is 542 g/mol. The molecule has 2 unspecified atom stereocenters. The van der Waals surface area contributed by atoms with Gasteiger partial charge in [-0.15, -0.1) is 0 Å². The Kier molecular flexibility index (Phi) is 16.1. The molecule has 0 aromatic carbocycles. The Hall–Kier alpha value is -2.80. The van der Waals surface area contributed by atoms with Gasteiger partial charge in [0.15, 0.2) is 0 Å². The Labute approximate surface area is 227 Å². The minimum Gasteiger partial charge on any atom is -0.384 e. The van der Waals surface area contributed by atoms with Crippen LogP contribution in [0.3, 0.4) is 0 Å². The fraction of sp³-hybridized carbons (Fsp3) is 0.520. The lowest BCUT2D eigenvalue weighted by Gasteiger charge is -2.32. The smallest absolute Gasteiger partial charge is 0.253 e. The number of nitrogens with zero attached hydrogens (tertiary/aromatic N) is 3. The summed E-state index contributed by atoms with van der Waals surface area (Å²) in [5, 5.41) is 5.78. The highest BCUT2D eigenvalue weighted by Gasteiger charge is 2.26. The summed E-state index contributed by atoms with van der Waals surface area (Å²) >= 11 is 3.23. The van der Waals surface area contributed by atoms with Crippen LogP contribution in [0.15, 0.2) is 41.1 Å². The van der Waals surface area contributed by atoms with Crippen LogP contribution in [0.5, 0.6) is 0 Å². The van der Waals surface area contributed by atoms with Gasteiger partial charge in [-0.1, -0.05) is 13.3 Å². The van der Waals surface area contributed by atoms with Crippen molar-refractivity contribution in [3.63, 3.8) is 0 Å². The predicted molar refractivity (Wildman–Crippen MR) is 150 cm³/mol. The Morgan fingerprint density at radius 3 is 2.11 bits per heavy atom. The molecule has 2 aromatic heterocycles. The van der Waals surface area contributed by atoms with Crippen molar-refractivity contribution in [2.45, 2.75) is 45.7 Å². The highest BCUT2D eigenvalue weighted by molar-refractivity contribution is 9.10. The third kappa shape index (κ3) is 13.9. The normalized spacial score (nSPS) is 18.7. The minimum absolute atomic E-state index is 0.0104. The lowest BCUT2D eigenvalue weighted by Crippen LogP contribution is -2.48. The van der Waals surface area contributed by atoms with Gasteiger partial charge >= 0.3 is 0 Å². The molecule has 2 aromatic rings. The molecular formula is C25H40BrN7O4. The van der Waals surface area contributed by atoms with Gasteiger partial charge in [-0.25, -0.2) is 9.97 Å².